The summed E-state index contributed by atoms with van der Waals surface area (Å²) in [5.74, 6) is 0.483. The molecule has 0 saturated heterocycles. The number of rotatable bonds is 8. The summed E-state index contributed by atoms with van der Waals surface area (Å²) < 4.78 is 17.8. The smallest absolute Gasteiger partial charge is 0.323 e. The van der Waals surface area contributed by atoms with Crippen LogP contribution in [0.3, 0.4) is 0 Å². The maximum absolute atomic E-state index is 14.4. The van der Waals surface area contributed by atoms with E-state index in [4.69, 9.17) is 14.2 Å². The van der Waals surface area contributed by atoms with Crippen molar-refractivity contribution in [2.24, 2.45) is 5.92 Å². The first-order valence-electron chi connectivity index (χ1n) is 16.7. The van der Waals surface area contributed by atoms with E-state index in [0.29, 0.717) is 41.7 Å². The average molecular weight is 676 g/mol. The van der Waals surface area contributed by atoms with Crippen molar-refractivity contribution in [2.75, 3.05) is 56.4 Å². The zero-order chi connectivity index (χ0) is 35.3. The van der Waals surface area contributed by atoms with Gasteiger partial charge in [0.1, 0.15) is 11.5 Å². The van der Waals surface area contributed by atoms with Crippen LogP contribution in [0, 0.1) is 5.92 Å². The Labute approximate surface area is 288 Å². The van der Waals surface area contributed by atoms with Crippen LogP contribution in [0.1, 0.15) is 50.4 Å². The average Bonchev–Trinajstić information content (AvgIpc) is 3.10. The van der Waals surface area contributed by atoms with Crippen LogP contribution in [0.5, 0.6) is 11.5 Å². The Morgan fingerprint density at radius 1 is 0.980 bits per heavy atom. The number of amides is 5. The topological polar surface area (TPSA) is 142 Å². The number of hydrogen-bond acceptors (Lipinski definition) is 7. The van der Waals surface area contributed by atoms with E-state index < -0.39 is 18.2 Å². The van der Waals surface area contributed by atoms with Gasteiger partial charge in [-0.25, -0.2) is 9.59 Å². The first kappa shape index (κ1) is 37.0. The molecule has 0 bridgehead atoms. The molecule has 0 fully saturated rings. The summed E-state index contributed by atoms with van der Waals surface area (Å²) >= 11 is 0. The summed E-state index contributed by atoms with van der Waals surface area (Å²) in [4.78, 5) is 43.5. The van der Waals surface area contributed by atoms with E-state index in [1.165, 1.54) is 0 Å². The summed E-state index contributed by atoms with van der Waals surface area (Å²) in [5.41, 5.74) is 1.92. The fourth-order valence-electron chi connectivity index (χ4n) is 5.52. The standard InChI is InChI=1S/C37H49N5O7/c1-25-22-42(26(2)24-43)35(44)32-21-30(39-36(45)38-29-14-17-31(47-5)18-15-29)16-19-33(32)49-27(3)11-9-10-20-48-34(25)23-41(4)37(46)40-28-12-7-6-8-13-28/h6-8,12-19,21,25-27,34,43H,9-11,20,22-24H2,1-5H3,(H,40,46)(H2,38,39,45)/t25-,26-,27-,34+/m0/s1. The van der Waals surface area contributed by atoms with Gasteiger partial charge in [0.05, 0.1) is 37.5 Å². The first-order valence-corrected chi connectivity index (χ1v) is 16.7. The van der Waals surface area contributed by atoms with Crippen molar-refractivity contribution < 1.29 is 33.7 Å². The van der Waals surface area contributed by atoms with Crippen molar-refractivity contribution >= 4 is 35.0 Å². The molecule has 1 aliphatic heterocycles. The molecule has 4 N–H and O–H groups in total. The lowest BCUT2D eigenvalue weighted by atomic mass is 10.0. The van der Waals surface area contributed by atoms with Crippen molar-refractivity contribution in [1.82, 2.24) is 9.80 Å². The lowest BCUT2D eigenvalue weighted by Crippen LogP contribution is -2.48. The summed E-state index contributed by atoms with van der Waals surface area (Å²) in [6.45, 7) is 6.46. The lowest BCUT2D eigenvalue weighted by molar-refractivity contribution is -0.0115. The number of anilines is 3. The maximum Gasteiger partial charge on any atom is 0.323 e. The normalized spacial score (nSPS) is 19.3. The minimum absolute atomic E-state index is 0.196. The van der Waals surface area contributed by atoms with Crippen LogP contribution in [0.2, 0.25) is 0 Å². The van der Waals surface area contributed by atoms with Crippen LogP contribution in [-0.2, 0) is 4.74 Å². The highest BCUT2D eigenvalue weighted by molar-refractivity contribution is 6.02. The van der Waals surface area contributed by atoms with Crippen LogP contribution in [-0.4, -0.2) is 91.6 Å². The van der Waals surface area contributed by atoms with Crippen molar-refractivity contribution in [1.29, 1.82) is 0 Å². The highest BCUT2D eigenvalue weighted by atomic mass is 16.5. The van der Waals surface area contributed by atoms with Gasteiger partial charge in [0.25, 0.3) is 5.91 Å². The number of urea groups is 2. The molecule has 3 aromatic rings. The van der Waals surface area contributed by atoms with Crippen LogP contribution >= 0.6 is 0 Å². The van der Waals surface area contributed by atoms with Gasteiger partial charge in [-0.15, -0.1) is 0 Å². The summed E-state index contributed by atoms with van der Waals surface area (Å²) in [5, 5.41) is 18.7. The highest BCUT2D eigenvalue weighted by Gasteiger charge is 2.31. The van der Waals surface area contributed by atoms with Crippen molar-refractivity contribution in [3.8, 4) is 11.5 Å². The summed E-state index contributed by atoms with van der Waals surface area (Å²) in [6, 6.07) is 19.8. The third-order valence-corrected chi connectivity index (χ3v) is 8.48. The second-order valence-corrected chi connectivity index (χ2v) is 12.5. The Hall–Kier alpha value is -4.81. The Morgan fingerprint density at radius 2 is 1.65 bits per heavy atom. The SMILES string of the molecule is COc1ccc(NC(=O)Nc2ccc3c(c2)C(=O)N([C@@H](C)CO)C[C@H](C)[C@@H](CN(C)C(=O)Nc2ccccc2)OCCCC[C@H](C)O3)cc1. The van der Waals surface area contributed by atoms with Crippen LogP contribution in [0.25, 0.3) is 0 Å². The molecule has 0 aliphatic carbocycles. The molecule has 0 unspecified atom stereocenters. The molecule has 1 aliphatic rings. The van der Waals surface area contributed by atoms with Crippen molar-refractivity contribution in [2.45, 2.75) is 58.3 Å². The van der Waals surface area contributed by atoms with Crippen LogP contribution in [0.15, 0.2) is 72.8 Å². The van der Waals surface area contributed by atoms with Crippen molar-refractivity contribution in [3.63, 3.8) is 0 Å². The summed E-state index contributed by atoms with van der Waals surface area (Å²) in [6.07, 6.45) is 1.79. The molecule has 0 spiro atoms. The van der Waals surface area contributed by atoms with E-state index >= 15 is 0 Å². The zero-order valence-electron chi connectivity index (χ0n) is 29.0. The molecule has 4 rings (SSSR count). The Bertz CT molecular complexity index is 1520. The molecule has 264 valence electrons. The number of ether oxygens (including phenoxy) is 3. The molecule has 0 aromatic heterocycles. The number of aliphatic hydroxyl groups is 1. The number of para-hydroxylation sites is 1. The zero-order valence-corrected chi connectivity index (χ0v) is 29.0. The molecule has 0 saturated carbocycles. The van der Waals surface area contributed by atoms with Gasteiger partial charge in [0, 0.05) is 49.7 Å². The number of carbonyl (C=O) groups is 3. The number of nitrogens with zero attached hydrogens (tertiary/aromatic N) is 2. The molecule has 3 aromatic carbocycles. The molecule has 5 amide bonds. The van der Waals surface area contributed by atoms with E-state index in [1.807, 2.05) is 44.2 Å². The van der Waals surface area contributed by atoms with Gasteiger partial charge in [0.15, 0.2) is 0 Å². The number of fused-ring (bicyclic) bond motifs is 1. The minimum Gasteiger partial charge on any atom is -0.497 e. The predicted octanol–water partition coefficient (Wildman–Crippen LogP) is 6.30. The largest absolute Gasteiger partial charge is 0.497 e. The second kappa shape index (κ2) is 18.1. The van der Waals surface area contributed by atoms with E-state index in [0.717, 1.165) is 19.3 Å². The van der Waals surface area contributed by atoms with Gasteiger partial charge in [-0.1, -0.05) is 25.1 Å². The Kier molecular flexibility index (Phi) is 13.7. The fraction of sp³-hybridized carbons (Fsp3) is 0.432. The Morgan fingerprint density at radius 3 is 2.35 bits per heavy atom. The predicted molar refractivity (Wildman–Crippen MR) is 191 cm³/mol. The molecule has 0 radical (unpaired) electrons. The van der Waals surface area contributed by atoms with E-state index in [9.17, 15) is 19.5 Å². The number of carbonyl (C=O) groups excluding carboxylic acids is 3. The number of hydrogen-bond donors (Lipinski definition) is 4. The van der Waals surface area contributed by atoms with E-state index in [1.54, 1.807) is 73.3 Å². The Balaban J connectivity index is 1.57. The van der Waals surface area contributed by atoms with Gasteiger partial charge in [-0.3, -0.25) is 4.79 Å². The van der Waals surface area contributed by atoms with Gasteiger partial charge in [-0.2, -0.15) is 0 Å². The summed E-state index contributed by atoms with van der Waals surface area (Å²) in [7, 11) is 3.28. The quantitative estimate of drug-likeness (QED) is 0.220. The van der Waals surface area contributed by atoms with E-state index in [-0.39, 0.29) is 42.7 Å². The first-order chi connectivity index (χ1) is 23.6. The molecule has 1 heterocycles. The molecular formula is C37H49N5O7. The number of likely N-dealkylation sites (N-methyl/N-ethyl adjacent to an activating group) is 1. The van der Waals surface area contributed by atoms with Gasteiger partial charge in [0.2, 0.25) is 0 Å². The molecule has 49 heavy (non-hydrogen) atoms. The lowest BCUT2D eigenvalue weighted by Gasteiger charge is -2.35. The van der Waals surface area contributed by atoms with Gasteiger partial charge < -0.3 is 45.1 Å². The van der Waals surface area contributed by atoms with Gasteiger partial charge in [-0.05, 0) is 87.7 Å². The molecule has 4 atom stereocenters. The highest BCUT2D eigenvalue weighted by Crippen LogP contribution is 2.29. The second-order valence-electron chi connectivity index (χ2n) is 12.5. The third kappa shape index (κ3) is 10.8. The third-order valence-electron chi connectivity index (χ3n) is 8.48. The number of aliphatic hydroxyl groups excluding tert-OH is 1. The minimum atomic E-state index is -0.539. The van der Waals surface area contributed by atoms with Crippen LogP contribution < -0.4 is 25.4 Å². The van der Waals surface area contributed by atoms with Crippen LogP contribution in [0.4, 0.5) is 26.7 Å². The van der Waals surface area contributed by atoms with E-state index in [2.05, 4.69) is 16.0 Å². The number of benzene rings is 3. The number of methoxy groups -OCH3 is 1. The van der Waals surface area contributed by atoms with Gasteiger partial charge >= 0.3 is 12.1 Å². The fourth-order valence-corrected chi connectivity index (χ4v) is 5.52. The maximum atomic E-state index is 14.4. The number of nitrogens with one attached hydrogen (secondary N) is 3. The van der Waals surface area contributed by atoms with Crippen molar-refractivity contribution in [3.05, 3.63) is 78.4 Å². The monoisotopic (exact) mass is 675 g/mol. The molecule has 12 nitrogen and oxygen atoms in total. The molecular weight excluding hydrogens is 626 g/mol. The molecule has 12 heteroatoms.